The van der Waals surface area contributed by atoms with Crippen LogP contribution in [0.4, 0.5) is 0 Å². The molecule has 108 valence electrons. The van der Waals surface area contributed by atoms with Crippen molar-refractivity contribution in [3.05, 3.63) is 12.2 Å². The predicted octanol–water partition coefficient (Wildman–Crippen LogP) is 1.85. The van der Waals surface area contributed by atoms with Crippen LogP contribution in [0.25, 0.3) is 0 Å². The van der Waals surface area contributed by atoms with Crippen molar-refractivity contribution >= 4 is 11.9 Å². The maximum Gasteiger partial charge on any atom is 0.333 e. The number of hydrogen-bond acceptors (Lipinski definition) is 5. The number of carbonyl (C=O) groups is 2. The van der Waals surface area contributed by atoms with E-state index in [1.807, 2.05) is 0 Å². The predicted molar refractivity (Wildman–Crippen MR) is 69.5 cm³/mol. The SMILES string of the molecule is C=C(CC(=O)OCC1CCC(OC)CC1)C(=O)OC. The maximum atomic E-state index is 11.5. The lowest BCUT2D eigenvalue weighted by Crippen LogP contribution is -2.24. The lowest BCUT2D eigenvalue weighted by molar-refractivity contribution is -0.147. The van der Waals surface area contributed by atoms with Gasteiger partial charge in [-0.3, -0.25) is 4.79 Å². The van der Waals surface area contributed by atoms with Crippen molar-refractivity contribution in [1.82, 2.24) is 0 Å². The van der Waals surface area contributed by atoms with Gasteiger partial charge in [0.25, 0.3) is 0 Å². The zero-order valence-electron chi connectivity index (χ0n) is 11.6. The van der Waals surface area contributed by atoms with Crippen molar-refractivity contribution in [2.24, 2.45) is 5.92 Å². The van der Waals surface area contributed by atoms with Crippen LogP contribution in [0.2, 0.25) is 0 Å². The summed E-state index contributed by atoms with van der Waals surface area (Å²) >= 11 is 0. The second kappa shape index (κ2) is 7.94. The molecule has 0 bridgehead atoms. The molecule has 1 aliphatic carbocycles. The summed E-state index contributed by atoms with van der Waals surface area (Å²) in [7, 11) is 2.98. The van der Waals surface area contributed by atoms with Crippen LogP contribution >= 0.6 is 0 Å². The number of carbonyl (C=O) groups excluding carboxylic acids is 2. The molecule has 0 amide bonds. The van der Waals surface area contributed by atoms with Gasteiger partial charge in [0.1, 0.15) is 0 Å². The molecule has 0 radical (unpaired) electrons. The van der Waals surface area contributed by atoms with E-state index in [0.29, 0.717) is 18.6 Å². The molecule has 0 saturated heterocycles. The Bertz CT molecular complexity index is 329. The topological polar surface area (TPSA) is 61.8 Å². The summed E-state index contributed by atoms with van der Waals surface area (Å²) in [5.74, 6) is -0.608. The van der Waals surface area contributed by atoms with Crippen LogP contribution in [-0.2, 0) is 23.8 Å². The zero-order valence-corrected chi connectivity index (χ0v) is 11.6. The Morgan fingerprint density at radius 1 is 1.16 bits per heavy atom. The third kappa shape index (κ3) is 5.42. The average molecular weight is 270 g/mol. The fraction of sp³-hybridized carbons (Fsp3) is 0.714. The Hall–Kier alpha value is -1.36. The molecule has 0 unspecified atom stereocenters. The van der Waals surface area contributed by atoms with Crippen LogP contribution in [0.5, 0.6) is 0 Å². The number of rotatable bonds is 6. The highest BCUT2D eigenvalue weighted by Gasteiger charge is 2.22. The Labute approximate surface area is 113 Å². The highest BCUT2D eigenvalue weighted by molar-refractivity contribution is 5.93. The zero-order chi connectivity index (χ0) is 14.3. The number of esters is 2. The third-order valence-corrected chi connectivity index (χ3v) is 3.44. The van der Waals surface area contributed by atoms with Crippen LogP contribution in [0.1, 0.15) is 32.1 Å². The van der Waals surface area contributed by atoms with E-state index in [2.05, 4.69) is 11.3 Å². The van der Waals surface area contributed by atoms with Crippen molar-refractivity contribution in [3.8, 4) is 0 Å². The van der Waals surface area contributed by atoms with Crippen molar-refractivity contribution < 1.29 is 23.8 Å². The smallest absolute Gasteiger partial charge is 0.333 e. The second-order valence-corrected chi connectivity index (χ2v) is 4.83. The Morgan fingerprint density at radius 2 is 1.79 bits per heavy atom. The first-order chi connectivity index (χ1) is 9.06. The van der Waals surface area contributed by atoms with Crippen LogP contribution in [0.3, 0.4) is 0 Å². The van der Waals surface area contributed by atoms with Gasteiger partial charge < -0.3 is 14.2 Å². The largest absolute Gasteiger partial charge is 0.466 e. The molecule has 5 heteroatoms. The van der Waals surface area contributed by atoms with Crippen LogP contribution < -0.4 is 0 Å². The fourth-order valence-electron chi connectivity index (χ4n) is 2.19. The van der Waals surface area contributed by atoms with Crippen molar-refractivity contribution in [2.45, 2.75) is 38.2 Å². The van der Waals surface area contributed by atoms with E-state index in [0.717, 1.165) is 25.7 Å². The molecule has 0 aromatic rings. The van der Waals surface area contributed by atoms with Gasteiger partial charge in [0, 0.05) is 12.7 Å². The second-order valence-electron chi connectivity index (χ2n) is 4.83. The summed E-state index contributed by atoms with van der Waals surface area (Å²) in [5.41, 5.74) is 0.121. The third-order valence-electron chi connectivity index (χ3n) is 3.44. The van der Waals surface area contributed by atoms with E-state index in [1.54, 1.807) is 7.11 Å². The van der Waals surface area contributed by atoms with E-state index in [9.17, 15) is 9.59 Å². The molecule has 19 heavy (non-hydrogen) atoms. The number of methoxy groups -OCH3 is 2. The number of hydrogen-bond donors (Lipinski definition) is 0. The molecule has 0 aromatic heterocycles. The molecule has 0 aliphatic heterocycles. The van der Waals surface area contributed by atoms with Gasteiger partial charge in [0.15, 0.2) is 0 Å². The minimum atomic E-state index is -0.572. The Morgan fingerprint density at radius 3 is 2.32 bits per heavy atom. The Kier molecular flexibility index (Phi) is 6.56. The van der Waals surface area contributed by atoms with Crippen molar-refractivity contribution in [3.63, 3.8) is 0 Å². The van der Waals surface area contributed by atoms with E-state index < -0.39 is 11.9 Å². The maximum absolute atomic E-state index is 11.5. The van der Waals surface area contributed by atoms with E-state index in [1.165, 1.54) is 7.11 Å². The summed E-state index contributed by atoms with van der Waals surface area (Å²) < 4.78 is 14.9. The van der Waals surface area contributed by atoms with Gasteiger partial charge in [-0.05, 0) is 31.6 Å². The van der Waals surface area contributed by atoms with Gasteiger partial charge >= 0.3 is 11.9 Å². The highest BCUT2D eigenvalue weighted by Crippen LogP contribution is 2.26. The summed E-state index contributed by atoms with van der Waals surface area (Å²) in [6.07, 6.45) is 4.25. The highest BCUT2D eigenvalue weighted by atomic mass is 16.5. The van der Waals surface area contributed by atoms with Crippen molar-refractivity contribution in [2.75, 3.05) is 20.8 Å². The monoisotopic (exact) mass is 270 g/mol. The molecular formula is C14H22O5. The van der Waals surface area contributed by atoms with Gasteiger partial charge in [-0.1, -0.05) is 6.58 Å². The minimum Gasteiger partial charge on any atom is -0.466 e. The Balaban J connectivity index is 2.20. The first-order valence-corrected chi connectivity index (χ1v) is 6.51. The summed E-state index contributed by atoms with van der Waals surface area (Å²) in [6.45, 7) is 3.90. The van der Waals surface area contributed by atoms with Crippen LogP contribution in [-0.4, -0.2) is 38.9 Å². The molecule has 0 aromatic carbocycles. The van der Waals surface area contributed by atoms with Gasteiger partial charge in [-0.15, -0.1) is 0 Å². The van der Waals surface area contributed by atoms with Crippen LogP contribution in [0.15, 0.2) is 12.2 Å². The molecule has 1 fully saturated rings. The fourth-order valence-corrected chi connectivity index (χ4v) is 2.19. The molecule has 0 atom stereocenters. The minimum absolute atomic E-state index is 0.111. The average Bonchev–Trinajstić information content (AvgIpc) is 2.44. The molecule has 5 nitrogen and oxygen atoms in total. The number of ether oxygens (including phenoxy) is 3. The molecule has 1 aliphatic rings. The normalized spacial score (nSPS) is 22.6. The van der Waals surface area contributed by atoms with Gasteiger partial charge in [0.05, 0.1) is 26.2 Å². The van der Waals surface area contributed by atoms with Gasteiger partial charge in [-0.25, -0.2) is 4.79 Å². The van der Waals surface area contributed by atoms with E-state index in [4.69, 9.17) is 9.47 Å². The van der Waals surface area contributed by atoms with Gasteiger partial charge in [-0.2, -0.15) is 0 Å². The van der Waals surface area contributed by atoms with E-state index >= 15 is 0 Å². The van der Waals surface area contributed by atoms with E-state index in [-0.39, 0.29) is 12.0 Å². The summed E-state index contributed by atoms with van der Waals surface area (Å²) in [5, 5.41) is 0. The first kappa shape index (κ1) is 15.7. The standard InChI is InChI=1S/C14H22O5/c1-10(14(16)18-3)8-13(15)19-9-11-4-6-12(17-2)7-5-11/h11-12H,1,4-9H2,2-3H3. The molecule has 1 rings (SSSR count). The van der Waals surface area contributed by atoms with Gasteiger partial charge in [0.2, 0.25) is 0 Å². The molecular weight excluding hydrogens is 248 g/mol. The lowest BCUT2D eigenvalue weighted by atomic mass is 9.88. The summed E-state index contributed by atoms with van der Waals surface area (Å²) in [6, 6.07) is 0. The first-order valence-electron chi connectivity index (χ1n) is 6.51. The summed E-state index contributed by atoms with van der Waals surface area (Å²) in [4.78, 5) is 22.6. The molecule has 0 spiro atoms. The molecule has 0 heterocycles. The van der Waals surface area contributed by atoms with Crippen molar-refractivity contribution in [1.29, 1.82) is 0 Å². The molecule has 1 saturated carbocycles. The molecule has 0 N–H and O–H groups in total. The lowest BCUT2D eigenvalue weighted by Gasteiger charge is -2.27. The quantitative estimate of drug-likeness (QED) is 0.544. The van der Waals surface area contributed by atoms with Crippen LogP contribution in [0, 0.1) is 5.92 Å².